The van der Waals surface area contributed by atoms with Gasteiger partial charge in [-0.2, -0.15) is 5.90 Å². The van der Waals surface area contributed by atoms with Crippen LogP contribution in [-0.4, -0.2) is 10.5 Å². The first-order valence-corrected chi connectivity index (χ1v) is 6.74. The molecule has 0 amide bonds. The molecule has 0 spiro atoms. The molecule has 0 aliphatic carbocycles. The number of benzene rings is 2. The molecule has 4 nitrogen and oxygen atoms in total. The standard InChI is InChI=1S/C17H16N2O2/c1-12-10-15-4-2-3-5-16(15)19(12)11-13-6-8-14(9-7-13)17(20)21-18/h2-10H,11,18H2,1H3. The summed E-state index contributed by atoms with van der Waals surface area (Å²) in [7, 11) is 0. The number of nitrogens with two attached hydrogens (primary N) is 1. The highest BCUT2D eigenvalue weighted by atomic mass is 16.7. The summed E-state index contributed by atoms with van der Waals surface area (Å²) in [5, 5.41) is 1.23. The molecule has 3 aromatic rings. The average Bonchev–Trinajstić information content (AvgIpc) is 2.83. The minimum Gasteiger partial charge on any atom is -0.370 e. The lowest BCUT2D eigenvalue weighted by atomic mass is 10.1. The minimum absolute atomic E-state index is 0.454. The maximum Gasteiger partial charge on any atom is 0.356 e. The van der Waals surface area contributed by atoms with Crippen molar-refractivity contribution in [2.45, 2.75) is 13.5 Å². The molecule has 0 aliphatic heterocycles. The number of rotatable bonds is 3. The van der Waals surface area contributed by atoms with E-state index in [2.05, 4.69) is 34.5 Å². The predicted molar refractivity (Wildman–Crippen MR) is 81.8 cm³/mol. The van der Waals surface area contributed by atoms with Crippen LogP contribution in [0.5, 0.6) is 0 Å². The van der Waals surface area contributed by atoms with Crippen LogP contribution >= 0.6 is 0 Å². The fourth-order valence-corrected chi connectivity index (χ4v) is 2.56. The molecule has 0 radical (unpaired) electrons. The van der Waals surface area contributed by atoms with Gasteiger partial charge in [0.1, 0.15) is 0 Å². The normalized spacial score (nSPS) is 10.8. The van der Waals surface area contributed by atoms with E-state index in [0.29, 0.717) is 5.56 Å². The van der Waals surface area contributed by atoms with Gasteiger partial charge in [0.25, 0.3) is 0 Å². The van der Waals surface area contributed by atoms with Gasteiger partial charge in [0, 0.05) is 17.8 Å². The number of aromatic nitrogens is 1. The van der Waals surface area contributed by atoms with Crippen molar-refractivity contribution in [2.24, 2.45) is 5.90 Å². The van der Waals surface area contributed by atoms with Crippen molar-refractivity contribution in [3.05, 3.63) is 71.4 Å². The molecule has 0 saturated carbocycles. The van der Waals surface area contributed by atoms with Gasteiger partial charge in [0.15, 0.2) is 0 Å². The van der Waals surface area contributed by atoms with Gasteiger partial charge >= 0.3 is 5.97 Å². The Labute approximate surface area is 122 Å². The highest BCUT2D eigenvalue weighted by Gasteiger charge is 2.08. The topological polar surface area (TPSA) is 57.2 Å². The van der Waals surface area contributed by atoms with E-state index >= 15 is 0 Å². The van der Waals surface area contributed by atoms with Crippen molar-refractivity contribution in [3.8, 4) is 0 Å². The van der Waals surface area contributed by atoms with Gasteiger partial charge in [-0.3, -0.25) is 0 Å². The zero-order valence-electron chi connectivity index (χ0n) is 11.7. The molecule has 21 heavy (non-hydrogen) atoms. The summed E-state index contributed by atoms with van der Waals surface area (Å²) < 4.78 is 2.26. The van der Waals surface area contributed by atoms with E-state index in [0.717, 1.165) is 12.1 Å². The molecule has 0 unspecified atom stereocenters. The Balaban J connectivity index is 1.92. The van der Waals surface area contributed by atoms with E-state index in [9.17, 15) is 4.79 Å². The second-order valence-electron chi connectivity index (χ2n) is 5.03. The van der Waals surface area contributed by atoms with Gasteiger partial charge in [-0.15, -0.1) is 0 Å². The van der Waals surface area contributed by atoms with E-state index in [1.165, 1.54) is 16.6 Å². The zero-order chi connectivity index (χ0) is 14.8. The molecule has 0 atom stereocenters. The molecule has 0 saturated heterocycles. The molecule has 2 aromatic carbocycles. The van der Waals surface area contributed by atoms with Crippen molar-refractivity contribution in [3.63, 3.8) is 0 Å². The van der Waals surface area contributed by atoms with Crippen LogP contribution in [0.15, 0.2) is 54.6 Å². The molecule has 1 heterocycles. The van der Waals surface area contributed by atoms with Crippen LogP contribution in [0.4, 0.5) is 0 Å². The Morgan fingerprint density at radius 2 is 1.86 bits per heavy atom. The smallest absolute Gasteiger partial charge is 0.356 e. The first-order valence-electron chi connectivity index (χ1n) is 6.74. The molecule has 0 aliphatic rings. The van der Waals surface area contributed by atoms with Gasteiger partial charge < -0.3 is 9.40 Å². The molecule has 0 fully saturated rings. The van der Waals surface area contributed by atoms with Crippen molar-refractivity contribution >= 4 is 16.9 Å². The monoisotopic (exact) mass is 280 g/mol. The Morgan fingerprint density at radius 1 is 1.14 bits per heavy atom. The molecular weight excluding hydrogens is 264 g/mol. The second kappa shape index (κ2) is 5.42. The summed E-state index contributed by atoms with van der Waals surface area (Å²) in [6.07, 6.45) is 0. The summed E-state index contributed by atoms with van der Waals surface area (Å²) in [6.45, 7) is 2.86. The van der Waals surface area contributed by atoms with Crippen LogP contribution in [0.3, 0.4) is 0 Å². The number of hydrogen-bond donors (Lipinski definition) is 1. The number of nitrogens with zero attached hydrogens (tertiary/aromatic N) is 1. The fourth-order valence-electron chi connectivity index (χ4n) is 2.56. The van der Waals surface area contributed by atoms with E-state index in [-0.39, 0.29) is 0 Å². The highest BCUT2D eigenvalue weighted by molar-refractivity contribution is 5.89. The first kappa shape index (κ1) is 13.4. The summed E-state index contributed by atoms with van der Waals surface area (Å²) in [5.74, 6) is 4.36. The zero-order valence-corrected chi connectivity index (χ0v) is 11.7. The van der Waals surface area contributed by atoms with Crippen molar-refractivity contribution < 1.29 is 9.63 Å². The second-order valence-corrected chi connectivity index (χ2v) is 5.03. The van der Waals surface area contributed by atoms with E-state index in [1.807, 2.05) is 24.3 Å². The maximum atomic E-state index is 11.3. The molecular formula is C17H16N2O2. The summed E-state index contributed by atoms with van der Waals surface area (Å²) in [6, 6.07) is 17.8. The predicted octanol–water partition coefficient (Wildman–Crippen LogP) is 3.03. The van der Waals surface area contributed by atoms with Gasteiger partial charge in [-0.25, -0.2) is 4.79 Å². The Morgan fingerprint density at radius 3 is 2.57 bits per heavy atom. The number of para-hydroxylation sites is 1. The lowest BCUT2D eigenvalue weighted by Crippen LogP contribution is -2.10. The third-order valence-corrected chi connectivity index (χ3v) is 3.66. The minimum atomic E-state index is -0.524. The van der Waals surface area contributed by atoms with Crippen LogP contribution in [0.1, 0.15) is 21.6 Å². The Hall–Kier alpha value is -2.59. The summed E-state index contributed by atoms with van der Waals surface area (Å²) >= 11 is 0. The number of hydrogen-bond acceptors (Lipinski definition) is 3. The largest absolute Gasteiger partial charge is 0.370 e. The molecule has 0 bridgehead atoms. The van der Waals surface area contributed by atoms with Crippen LogP contribution in [0.2, 0.25) is 0 Å². The van der Waals surface area contributed by atoms with E-state index < -0.39 is 5.97 Å². The van der Waals surface area contributed by atoms with Gasteiger partial charge in [-0.05, 0) is 42.1 Å². The summed E-state index contributed by atoms with van der Waals surface area (Å²) in [5.41, 5.74) is 3.99. The third-order valence-electron chi connectivity index (χ3n) is 3.66. The Bertz CT molecular complexity index is 788. The lowest BCUT2D eigenvalue weighted by Gasteiger charge is -2.09. The molecule has 1 aromatic heterocycles. The van der Waals surface area contributed by atoms with Crippen LogP contribution in [0.25, 0.3) is 10.9 Å². The number of carbonyl (C=O) groups excluding carboxylic acids is 1. The number of carbonyl (C=O) groups is 1. The molecule has 106 valence electrons. The van der Waals surface area contributed by atoms with Crippen LogP contribution < -0.4 is 5.90 Å². The van der Waals surface area contributed by atoms with E-state index in [4.69, 9.17) is 5.90 Å². The van der Waals surface area contributed by atoms with Gasteiger partial charge in [0.05, 0.1) is 5.56 Å². The van der Waals surface area contributed by atoms with Crippen LogP contribution in [0, 0.1) is 6.92 Å². The molecule has 4 heteroatoms. The molecule has 2 N–H and O–H groups in total. The van der Waals surface area contributed by atoms with Gasteiger partial charge in [-0.1, -0.05) is 30.3 Å². The van der Waals surface area contributed by atoms with Crippen molar-refractivity contribution in [1.29, 1.82) is 0 Å². The maximum absolute atomic E-state index is 11.3. The first-order chi connectivity index (χ1) is 10.2. The summed E-state index contributed by atoms with van der Waals surface area (Å²) in [4.78, 5) is 15.5. The number of fused-ring (bicyclic) bond motifs is 1. The molecule has 3 rings (SSSR count). The van der Waals surface area contributed by atoms with Crippen LogP contribution in [-0.2, 0) is 11.4 Å². The van der Waals surface area contributed by atoms with E-state index in [1.54, 1.807) is 12.1 Å². The fraction of sp³-hybridized carbons (Fsp3) is 0.118. The van der Waals surface area contributed by atoms with Crippen molar-refractivity contribution in [1.82, 2.24) is 4.57 Å². The Kier molecular flexibility index (Phi) is 3.46. The van der Waals surface area contributed by atoms with Crippen molar-refractivity contribution in [2.75, 3.05) is 0 Å². The quantitative estimate of drug-likeness (QED) is 0.750. The lowest BCUT2D eigenvalue weighted by molar-refractivity contribution is 0.0503. The third kappa shape index (κ3) is 2.53. The van der Waals surface area contributed by atoms with Gasteiger partial charge in [0.2, 0.25) is 0 Å². The number of aryl methyl sites for hydroxylation is 1. The highest BCUT2D eigenvalue weighted by Crippen LogP contribution is 2.20. The average molecular weight is 280 g/mol. The SMILES string of the molecule is Cc1cc2ccccc2n1Cc1ccc(C(=O)ON)cc1.